The molecule has 178 valence electrons. The molecule has 3 rings (SSSR count). The van der Waals surface area contributed by atoms with E-state index in [9.17, 15) is 22.4 Å². The number of rotatable bonds is 5. The van der Waals surface area contributed by atoms with Crippen LogP contribution in [0.3, 0.4) is 0 Å². The Hall–Kier alpha value is -3.34. The van der Waals surface area contributed by atoms with Crippen LogP contribution in [0, 0.1) is 5.82 Å². The predicted molar refractivity (Wildman–Crippen MR) is 120 cm³/mol. The first-order valence-corrected chi connectivity index (χ1v) is 11.6. The molecule has 0 fully saturated rings. The van der Waals surface area contributed by atoms with Gasteiger partial charge in [0.15, 0.2) is 0 Å². The topological polar surface area (TPSA) is 114 Å². The van der Waals surface area contributed by atoms with Gasteiger partial charge >= 0.3 is 6.09 Å². The van der Waals surface area contributed by atoms with Crippen molar-refractivity contribution in [3.05, 3.63) is 48.3 Å². The molecule has 0 unspecified atom stereocenters. The molecule has 0 bridgehead atoms. The summed E-state index contributed by atoms with van der Waals surface area (Å²) in [6.07, 6.45) is -1.36. The van der Waals surface area contributed by atoms with E-state index in [1.165, 1.54) is 31.2 Å². The second-order valence-corrected chi connectivity index (χ2v) is 10.3. The van der Waals surface area contributed by atoms with Crippen LogP contribution in [0.1, 0.15) is 27.7 Å². The number of carbonyl (C=O) groups is 2. The molecule has 0 aliphatic carbocycles. The molecule has 11 heteroatoms. The van der Waals surface area contributed by atoms with Crippen LogP contribution in [0.5, 0.6) is 5.75 Å². The number of amides is 2. The number of sulfonamides is 1. The van der Waals surface area contributed by atoms with Gasteiger partial charge in [-0.2, -0.15) is 0 Å². The molecule has 0 saturated heterocycles. The first kappa shape index (κ1) is 24.3. The Morgan fingerprint density at radius 2 is 1.85 bits per heavy atom. The first-order valence-electron chi connectivity index (χ1n) is 10.2. The van der Waals surface area contributed by atoms with Gasteiger partial charge in [-0.25, -0.2) is 17.6 Å². The van der Waals surface area contributed by atoms with Crippen molar-refractivity contribution in [1.82, 2.24) is 5.32 Å². The van der Waals surface area contributed by atoms with Gasteiger partial charge in [0.1, 0.15) is 23.3 Å². The summed E-state index contributed by atoms with van der Waals surface area (Å²) < 4.78 is 52.4. The number of benzene rings is 2. The van der Waals surface area contributed by atoms with Crippen LogP contribution in [0.4, 0.5) is 20.6 Å². The van der Waals surface area contributed by atoms with Crippen molar-refractivity contribution in [2.24, 2.45) is 0 Å². The first-order chi connectivity index (χ1) is 15.3. The summed E-state index contributed by atoms with van der Waals surface area (Å²) in [6, 6.07) is 8.99. The van der Waals surface area contributed by atoms with E-state index in [0.717, 1.165) is 16.4 Å². The Bertz CT molecular complexity index is 1150. The van der Waals surface area contributed by atoms with Crippen LogP contribution < -0.4 is 19.7 Å². The van der Waals surface area contributed by atoms with E-state index in [-0.39, 0.29) is 35.3 Å². The Balaban J connectivity index is 1.97. The highest BCUT2D eigenvalue weighted by atomic mass is 32.2. The van der Waals surface area contributed by atoms with Crippen LogP contribution >= 0.6 is 0 Å². The minimum Gasteiger partial charge on any atom is -0.484 e. The van der Waals surface area contributed by atoms with Gasteiger partial charge in [0, 0.05) is 12.6 Å². The lowest BCUT2D eigenvalue weighted by atomic mass is 10.2. The average Bonchev–Trinajstić information content (AvgIpc) is 2.70. The van der Waals surface area contributed by atoms with Gasteiger partial charge in [0.2, 0.25) is 5.91 Å². The number of hydrogen-bond acceptors (Lipinski definition) is 6. The van der Waals surface area contributed by atoms with Gasteiger partial charge in [-0.15, -0.1) is 0 Å². The van der Waals surface area contributed by atoms with E-state index in [1.54, 1.807) is 26.8 Å². The molecule has 33 heavy (non-hydrogen) atoms. The quantitative estimate of drug-likeness (QED) is 0.681. The van der Waals surface area contributed by atoms with Crippen molar-refractivity contribution >= 4 is 33.4 Å². The lowest BCUT2D eigenvalue weighted by Crippen LogP contribution is -2.48. The van der Waals surface area contributed by atoms with E-state index in [0.29, 0.717) is 5.69 Å². The van der Waals surface area contributed by atoms with E-state index < -0.39 is 33.6 Å². The molecule has 2 aromatic rings. The fourth-order valence-corrected chi connectivity index (χ4v) is 4.64. The molecule has 1 atom stereocenters. The van der Waals surface area contributed by atoms with Crippen LogP contribution in [0.25, 0.3) is 0 Å². The third kappa shape index (κ3) is 6.13. The smallest absolute Gasteiger partial charge is 0.412 e. The normalized spacial score (nSPS) is 15.8. The molecular weight excluding hydrogens is 453 g/mol. The molecule has 2 N–H and O–H groups in total. The van der Waals surface area contributed by atoms with Gasteiger partial charge < -0.3 is 14.8 Å². The zero-order valence-corrected chi connectivity index (χ0v) is 19.5. The lowest BCUT2D eigenvalue weighted by molar-refractivity contribution is -0.119. The predicted octanol–water partition coefficient (Wildman–Crippen LogP) is 3.27. The maximum absolute atomic E-state index is 13.4. The summed E-state index contributed by atoms with van der Waals surface area (Å²) in [5.74, 6) is -0.602. The average molecular weight is 480 g/mol. The summed E-state index contributed by atoms with van der Waals surface area (Å²) >= 11 is 0. The standard InChI is InChI=1S/C22H26FN3O6S/c1-14(27)24-12-17-13-26(33(29,30)18-8-5-15(23)6-9-18)19-11-16(7-10-20(19)31-17)25-21(28)32-22(2,3)4/h5-11,17H,12-13H2,1-4H3,(H,24,27)(H,25,28)/t17-/m0/s1. The zero-order chi connectivity index (χ0) is 24.4. The molecule has 1 heterocycles. The monoisotopic (exact) mass is 479 g/mol. The van der Waals surface area contributed by atoms with E-state index >= 15 is 0 Å². The number of nitrogens with zero attached hydrogens (tertiary/aromatic N) is 1. The van der Waals surface area contributed by atoms with Crippen molar-refractivity contribution in [3.8, 4) is 5.75 Å². The third-order valence-corrected chi connectivity index (χ3v) is 6.31. The van der Waals surface area contributed by atoms with E-state index in [1.807, 2.05) is 0 Å². The summed E-state index contributed by atoms with van der Waals surface area (Å²) in [7, 11) is -4.11. The minimum atomic E-state index is -4.11. The Labute approximate surface area is 191 Å². The maximum atomic E-state index is 13.4. The molecule has 2 amide bonds. The van der Waals surface area contributed by atoms with Gasteiger partial charge in [-0.05, 0) is 63.2 Å². The molecular formula is C22H26FN3O6S. The molecule has 2 aromatic carbocycles. The molecule has 0 spiro atoms. The zero-order valence-electron chi connectivity index (χ0n) is 18.7. The highest BCUT2D eigenvalue weighted by molar-refractivity contribution is 7.92. The number of anilines is 2. The Morgan fingerprint density at radius 1 is 1.18 bits per heavy atom. The third-order valence-electron chi connectivity index (χ3n) is 4.52. The highest BCUT2D eigenvalue weighted by Gasteiger charge is 2.35. The number of nitrogens with one attached hydrogen (secondary N) is 2. The van der Waals surface area contributed by atoms with Crippen molar-refractivity contribution < 1.29 is 31.9 Å². The van der Waals surface area contributed by atoms with E-state index in [2.05, 4.69) is 10.6 Å². The number of halogens is 1. The van der Waals surface area contributed by atoms with Crippen LogP contribution in [0.15, 0.2) is 47.4 Å². The second kappa shape index (κ2) is 9.26. The molecule has 9 nitrogen and oxygen atoms in total. The summed E-state index contributed by atoms with van der Waals surface area (Å²) in [4.78, 5) is 23.4. The van der Waals surface area contributed by atoms with Gasteiger partial charge in [0.25, 0.3) is 10.0 Å². The van der Waals surface area contributed by atoms with Gasteiger partial charge in [0.05, 0.1) is 23.7 Å². The Kier molecular flexibility index (Phi) is 6.82. The minimum absolute atomic E-state index is 0.0854. The number of carbonyl (C=O) groups excluding carboxylic acids is 2. The number of hydrogen-bond donors (Lipinski definition) is 2. The summed E-state index contributed by atoms with van der Waals surface area (Å²) in [5, 5.41) is 5.19. The number of ether oxygens (including phenoxy) is 2. The van der Waals surface area contributed by atoms with Gasteiger partial charge in [-0.1, -0.05) is 0 Å². The molecule has 0 aromatic heterocycles. The Morgan fingerprint density at radius 3 is 2.45 bits per heavy atom. The van der Waals surface area contributed by atoms with E-state index in [4.69, 9.17) is 9.47 Å². The van der Waals surface area contributed by atoms with Crippen molar-refractivity contribution in [2.45, 2.75) is 44.3 Å². The lowest BCUT2D eigenvalue weighted by Gasteiger charge is -2.35. The molecule has 1 aliphatic heterocycles. The SMILES string of the molecule is CC(=O)NC[C@H]1CN(S(=O)(=O)c2ccc(F)cc2)c2cc(NC(=O)OC(C)(C)C)ccc2O1. The number of fused-ring (bicyclic) bond motifs is 1. The molecule has 0 saturated carbocycles. The van der Waals surface area contributed by atoms with Gasteiger partial charge in [-0.3, -0.25) is 14.4 Å². The maximum Gasteiger partial charge on any atom is 0.412 e. The highest BCUT2D eigenvalue weighted by Crippen LogP contribution is 2.39. The fraction of sp³-hybridized carbons (Fsp3) is 0.364. The van der Waals surface area contributed by atoms with Crippen LogP contribution in [0.2, 0.25) is 0 Å². The van der Waals surface area contributed by atoms with Crippen molar-refractivity contribution in [1.29, 1.82) is 0 Å². The van der Waals surface area contributed by atoms with Crippen molar-refractivity contribution in [2.75, 3.05) is 22.7 Å². The van der Waals surface area contributed by atoms with Crippen LogP contribution in [-0.4, -0.2) is 45.2 Å². The van der Waals surface area contributed by atoms with Crippen LogP contribution in [-0.2, 0) is 19.6 Å². The second-order valence-electron chi connectivity index (χ2n) is 8.48. The van der Waals surface area contributed by atoms with Crippen molar-refractivity contribution in [3.63, 3.8) is 0 Å². The molecule has 0 radical (unpaired) electrons. The molecule has 1 aliphatic rings. The fourth-order valence-electron chi connectivity index (χ4n) is 3.14. The summed E-state index contributed by atoms with van der Waals surface area (Å²) in [6.45, 7) is 6.49. The summed E-state index contributed by atoms with van der Waals surface area (Å²) in [5.41, 5.74) is -0.228. The largest absolute Gasteiger partial charge is 0.484 e.